The zero-order valence-electron chi connectivity index (χ0n) is 10.4. The summed E-state index contributed by atoms with van der Waals surface area (Å²) in [6, 6.07) is 17.1. The van der Waals surface area contributed by atoms with Crippen molar-refractivity contribution in [1.29, 1.82) is 0 Å². The molecular weight excluding hydrogens is 293 g/mol. The molecule has 0 aliphatic rings. The molecule has 0 saturated carbocycles. The van der Waals surface area contributed by atoms with Gasteiger partial charge in [0.1, 0.15) is 0 Å². The molecule has 100 valence electrons. The fourth-order valence-corrected chi connectivity index (χ4v) is 2.42. The first kappa shape index (κ1) is 13.0. The van der Waals surface area contributed by atoms with Crippen LogP contribution in [0.25, 0.3) is 5.69 Å². The molecule has 2 aromatic carbocycles. The lowest BCUT2D eigenvalue weighted by Crippen LogP contribution is -1.96. The standard InChI is InChI=1S/C15H11Cl2N3/c16-11-8-12(17)10-13(9-11)18-15-6-7-20(19-15)14-4-2-1-3-5-14/h1-10H,(H,18,19). The van der Waals surface area contributed by atoms with Gasteiger partial charge in [0.15, 0.2) is 5.82 Å². The Morgan fingerprint density at radius 3 is 2.30 bits per heavy atom. The summed E-state index contributed by atoms with van der Waals surface area (Å²) in [5.41, 5.74) is 1.81. The van der Waals surface area contributed by atoms with Crippen molar-refractivity contribution in [3.8, 4) is 5.69 Å². The van der Waals surface area contributed by atoms with Crippen molar-refractivity contribution >= 4 is 34.7 Å². The summed E-state index contributed by atoms with van der Waals surface area (Å²) in [6.07, 6.45) is 1.89. The first-order chi connectivity index (χ1) is 9.70. The molecule has 1 aromatic heterocycles. The van der Waals surface area contributed by atoms with Crippen molar-refractivity contribution in [2.45, 2.75) is 0 Å². The number of halogens is 2. The van der Waals surface area contributed by atoms with Gasteiger partial charge in [-0.2, -0.15) is 5.10 Å². The van der Waals surface area contributed by atoms with E-state index in [0.29, 0.717) is 10.0 Å². The van der Waals surface area contributed by atoms with E-state index in [1.807, 2.05) is 42.6 Å². The number of anilines is 2. The second-order valence-electron chi connectivity index (χ2n) is 4.26. The largest absolute Gasteiger partial charge is 0.339 e. The Labute approximate surface area is 126 Å². The van der Waals surface area contributed by atoms with Crippen molar-refractivity contribution in [3.05, 3.63) is 70.8 Å². The van der Waals surface area contributed by atoms with Crippen LogP contribution >= 0.6 is 23.2 Å². The minimum absolute atomic E-state index is 0.586. The van der Waals surface area contributed by atoms with Crippen molar-refractivity contribution in [1.82, 2.24) is 9.78 Å². The van der Waals surface area contributed by atoms with E-state index in [-0.39, 0.29) is 0 Å². The van der Waals surface area contributed by atoms with E-state index in [2.05, 4.69) is 10.4 Å². The van der Waals surface area contributed by atoms with Crippen LogP contribution in [0.5, 0.6) is 0 Å². The summed E-state index contributed by atoms with van der Waals surface area (Å²) >= 11 is 11.9. The van der Waals surface area contributed by atoms with E-state index in [9.17, 15) is 0 Å². The average molecular weight is 304 g/mol. The van der Waals surface area contributed by atoms with Gasteiger partial charge in [0.2, 0.25) is 0 Å². The minimum Gasteiger partial charge on any atom is -0.339 e. The zero-order valence-corrected chi connectivity index (χ0v) is 11.9. The Kier molecular flexibility index (Phi) is 3.63. The molecule has 0 radical (unpaired) electrons. The van der Waals surface area contributed by atoms with Gasteiger partial charge in [-0.25, -0.2) is 4.68 Å². The normalized spacial score (nSPS) is 10.5. The molecule has 3 nitrogen and oxygen atoms in total. The molecule has 1 N–H and O–H groups in total. The van der Waals surface area contributed by atoms with Crippen LogP contribution in [-0.4, -0.2) is 9.78 Å². The highest BCUT2D eigenvalue weighted by Gasteiger charge is 2.03. The molecule has 0 unspecified atom stereocenters. The lowest BCUT2D eigenvalue weighted by atomic mass is 10.3. The van der Waals surface area contributed by atoms with Gasteiger partial charge >= 0.3 is 0 Å². The molecule has 20 heavy (non-hydrogen) atoms. The predicted octanol–water partition coefficient (Wildman–Crippen LogP) is 4.92. The quantitative estimate of drug-likeness (QED) is 0.744. The van der Waals surface area contributed by atoms with Crippen molar-refractivity contribution < 1.29 is 0 Å². The van der Waals surface area contributed by atoms with Crippen molar-refractivity contribution in [2.75, 3.05) is 5.32 Å². The Bertz CT molecular complexity index is 703. The summed E-state index contributed by atoms with van der Waals surface area (Å²) in [6.45, 7) is 0. The summed E-state index contributed by atoms with van der Waals surface area (Å²) in [4.78, 5) is 0. The van der Waals surface area contributed by atoms with E-state index in [1.54, 1.807) is 22.9 Å². The number of hydrogen-bond donors (Lipinski definition) is 1. The highest BCUT2D eigenvalue weighted by atomic mass is 35.5. The average Bonchev–Trinajstić information content (AvgIpc) is 2.87. The van der Waals surface area contributed by atoms with E-state index >= 15 is 0 Å². The Morgan fingerprint density at radius 1 is 0.900 bits per heavy atom. The first-order valence-electron chi connectivity index (χ1n) is 6.05. The molecule has 0 bridgehead atoms. The monoisotopic (exact) mass is 303 g/mol. The summed E-state index contributed by atoms with van der Waals surface area (Å²) in [5, 5.41) is 8.80. The van der Waals surface area contributed by atoms with Gasteiger partial charge in [0, 0.05) is 28.0 Å². The lowest BCUT2D eigenvalue weighted by Gasteiger charge is -2.04. The molecule has 5 heteroatoms. The molecule has 0 aliphatic heterocycles. The number of aromatic nitrogens is 2. The number of hydrogen-bond acceptors (Lipinski definition) is 2. The van der Waals surface area contributed by atoms with Crippen LogP contribution in [0.2, 0.25) is 10.0 Å². The van der Waals surface area contributed by atoms with Gasteiger partial charge in [-0.05, 0) is 30.3 Å². The fraction of sp³-hybridized carbons (Fsp3) is 0. The van der Waals surface area contributed by atoms with Crippen molar-refractivity contribution in [3.63, 3.8) is 0 Å². The van der Waals surface area contributed by atoms with Gasteiger partial charge < -0.3 is 5.32 Å². The van der Waals surface area contributed by atoms with Gasteiger partial charge in [-0.3, -0.25) is 0 Å². The molecule has 0 spiro atoms. The molecule has 3 aromatic rings. The van der Waals surface area contributed by atoms with Crippen LogP contribution in [0, 0.1) is 0 Å². The lowest BCUT2D eigenvalue weighted by molar-refractivity contribution is 0.884. The summed E-state index contributed by atoms with van der Waals surface area (Å²) < 4.78 is 1.80. The Balaban J connectivity index is 1.84. The number of para-hydroxylation sites is 1. The topological polar surface area (TPSA) is 29.9 Å². The Hall–Kier alpha value is -1.97. The van der Waals surface area contributed by atoms with E-state index in [0.717, 1.165) is 17.2 Å². The fourth-order valence-electron chi connectivity index (χ4n) is 1.89. The van der Waals surface area contributed by atoms with Crippen LogP contribution in [0.4, 0.5) is 11.5 Å². The molecule has 0 saturated heterocycles. The van der Waals surface area contributed by atoms with Crippen molar-refractivity contribution in [2.24, 2.45) is 0 Å². The number of nitrogens with zero attached hydrogens (tertiary/aromatic N) is 2. The number of nitrogens with one attached hydrogen (secondary N) is 1. The summed E-state index contributed by atoms with van der Waals surface area (Å²) in [7, 11) is 0. The Morgan fingerprint density at radius 2 is 1.60 bits per heavy atom. The third-order valence-electron chi connectivity index (χ3n) is 2.74. The molecule has 0 atom stereocenters. The highest BCUT2D eigenvalue weighted by Crippen LogP contribution is 2.24. The van der Waals surface area contributed by atoms with Crippen LogP contribution in [-0.2, 0) is 0 Å². The predicted molar refractivity (Wildman–Crippen MR) is 83.3 cm³/mol. The first-order valence-corrected chi connectivity index (χ1v) is 6.80. The SMILES string of the molecule is Clc1cc(Cl)cc(Nc2ccn(-c3ccccc3)n2)c1. The molecule has 0 aliphatic carbocycles. The molecule has 0 fully saturated rings. The number of benzene rings is 2. The minimum atomic E-state index is 0.586. The summed E-state index contributed by atoms with van der Waals surface area (Å²) in [5.74, 6) is 0.729. The maximum absolute atomic E-state index is 5.97. The van der Waals surface area contributed by atoms with Crippen LogP contribution in [0.1, 0.15) is 0 Å². The van der Waals surface area contributed by atoms with E-state index in [4.69, 9.17) is 23.2 Å². The van der Waals surface area contributed by atoms with Gasteiger partial charge in [0.25, 0.3) is 0 Å². The molecule has 1 heterocycles. The smallest absolute Gasteiger partial charge is 0.152 e. The van der Waals surface area contributed by atoms with Gasteiger partial charge in [0.05, 0.1) is 5.69 Å². The zero-order chi connectivity index (χ0) is 13.9. The van der Waals surface area contributed by atoms with Crippen LogP contribution < -0.4 is 5.32 Å². The van der Waals surface area contributed by atoms with Gasteiger partial charge in [-0.1, -0.05) is 41.4 Å². The molecule has 3 rings (SSSR count). The second kappa shape index (κ2) is 5.57. The maximum Gasteiger partial charge on any atom is 0.152 e. The van der Waals surface area contributed by atoms with Crippen LogP contribution in [0.15, 0.2) is 60.8 Å². The second-order valence-corrected chi connectivity index (χ2v) is 5.14. The third kappa shape index (κ3) is 2.95. The van der Waals surface area contributed by atoms with Gasteiger partial charge in [-0.15, -0.1) is 0 Å². The van der Waals surface area contributed by atoms with E-state index < -0.39 is 0 Å². The number of rotatable bonds is 3. The maximum atomic E-state index is 5.97. The van der Waals surface area contributed by atoms with E-state index in [1.165, 1.54) is 0 Å². The highest BCUT2D eigenvalue weighted by molar-refractivity contribution is 6.35. The molecular formula is C15H11Cl2N3. The molecule has 0 amide bonds. The van der Waals surface area contributed by atoms with Crippen LogP contribution in [0.3, 0.4) is 0 Å². The third-order valence-corrected chi connectivity index (χ3v) is 3.18.